The number of pyridine rings is 1. The van der Waals surface area contributed by atoms with Gasteiger partial charge in [-0.1, -0.05) is 22.9 Å². The number of aromatic nitrogens is 1. The van der Waals surface area contributed by atoms with E-state index in [0.29, 0.717) is 22.9 Å². The number of methoxy groups -OCH3 is 1. The number of nitrogens with zero attached hydrogens (tertiary/aromatic N) is 3. The largest absolute Gasteiger partial charge is 0.493 e. The Balaban J connectivity index is 2.51. The highest BCUT2D eigenvalue weighted by Gasteiger charge is 2.19. The van der Waals surface area contributed by atoms with Crippen molar-refractivity contribution in [1.29, 1.82) is 5.26 Å². The van der Waals surface area contributed by atoms with Gasteiger partial charge in [-0.2, -0.15) is 5.26 Å². The number of anilines is 1. The van der Waals surface area contributed by atoms with Gasteiger partial charge in [0.05, 0.1) is 12.8 Å². The van der Waals surface area contributed by atoms with E-state index in [4.69, 9.17) is 9.47 Å². The summed E-state index contributed by atoms with van der Waals surface area (Å²) in [7, 11) is 1.58. The molecule has 0 fully saturated rings. The minimum absolute atomic E-state index is 0.299. The summed E-state index contributed by atoms with van der Waals surface area (Å²) in [5, 5.41) is 9.72. The van der Waals surface area contributed by atoms with E-state index in [1.54, 1.807) is 13.2 Å². The Kier molecular flexibility index (Phi) is 6.65. The third-order valence-electron chi connectivity index (χ3n) is 3.75. The third-order valence-corrected chi connectivity index (χ3v) is 4.25. The van der Waals surface area contributed by atoms with Crippen molar-refractivity contribution in [2.24, 2.45) is 0 Å². The van der Waals surface area contributed by atoms with Crippen LogP contribution in [0.4, 0.5) is 5.69 Å². The van der Waals surface area contributed by atoms with Crippen LogP contribution in [-0.4, -0.2) is 25.2 Å². The van der Waals surface area contributed by atoms with Gasteiger partial charge in [0, 0.05) is 23.3 Å². The zero-order valence-electron chi connectivity index (χ0n) is 15.0. The van der Waals surface area contributed by atoms with Crippen LogP contribution in [0.25, 0.3) is 0 Å². The number of nitriles is 1. The van der Waals surface area contributed by atoms with Crippen molar-refractivity contribution in [3.05, 3.63) is 40.0 Å². The number of halogens is 1. The highest BCUT2D eigenvalue weighted by atomic mass is 79.9. The van der Waals surface area contributed by atoms with Gasteiger partial charge < -0.3 is 14.4 Å². The van der Waals surface area contributed by atoms with Crippen molar-refractivity contribution in [3.8, 4) is 23.4 Å². The first-order chi connectivity index (χ1) is 12.0. The maximum Gasteiger partial charge on any atom is 0.239 e. The quantitative estimate of drug-likeness (QED) is 0.646. The van der Waals surface area contributed by atoms with Gasteiger partial charge in [0.1, 0.15) is 11.6 Å². The van der Waals surface area contributed by atoms with Gasteiger partial charge in [-0.25, -0.2) is 4.98 Å². The molecule has 0 aliphatic rings. The van der Waals surface area contributed by atoms with Crippen LogP contribution < -0.4 is 14.4 Å². The molecule has 2 aromatic rings. The zero-order chi connectivity index (χ0) is 18.4. The number of rotatable bonds is 7. The lowest BCUT2D eigenvalue weighted by Crippen LogP contribution is -2.24. The van der Waals surface area contributed by atoms with E-state index in [-0.39, 0.29) is 0 Å². The van der Waals surface area contributed by atoms with Crippen molar-refractivity contribution in [1.82, 2.24) is 4.98 Å². The van der Waals surface area contributed by atoms with Gasteiger partial charge >= 0.3 is 0 Å². The minimum Gasteiger partial charge on any atom is -0.493 e. The van der Waals surface area contributed by atoms with Gasteiger partial charge in [-0.3, -0.25) is 0 Å². The van der Waals surface area contributed by atoms with Crippen molar-refractivity contribution < 1.29 is 9.47 Å². The minimum atomic E-state index is 0.299. The number of aryl methyl sites for hydroxylation is 1. The first kappa shape index (κ1) is 19.1. The second kappa shape index (κ2) is 8.72. The van der Waals surface area contributed by atoms with Gasteiger partial charge in [-0.05, 0) is 44.5 Å². The molecule has 0 aliphatic carbocycles. The predicted molar refractivity (Wildman–Crippen MR) is 103 cm³/mol. The summed E-state index contributed by atoms with van der Waals surface area (Å²) in [5.41, 5.74) is 2.09. The van der Waals surface area contributed by atoms with Crippen LogP contribution in [0.15, 0.2) is 28.7 Å². The highest BCUT2D eigenvalue weighted by Crippen LogP contribution is 2.36. The van der Waals surface area contributed by atoms with Crippen molar-refractivity contribution >= 4 is 21.6 Å². The molecule has 0 saturated heterocycles. The molecule has 0 bridgehead atoms. The fraction of sp³-hybridized carbons (Fsp3) is 0.368. The second-order valence-electron chi connectivity index (χ2n) is 5.55. The van der Waals surface area contributed by atoms with Gasteiger partial charge in [0.25, 0.3) is 0 Å². The fourth-order valence-corrected chi connectivity index (χ4v) is 2.95. The van der Waals surface area contributed by atoms with E-state index in [0.717, 1.165) is 35.4 Å². The van der Waals surface area contributed by atoms with Gasteiger partial charge in [0.2, 0.25) is 5.88 Å². The summed E-state index contributed by atoms with van der Waals surface area (Å²) >= 11 is 3.41. The predicted octanol–water partition coefficient (Wildman–Crippen LogP) is 5.06. The first-order valence-electron chi connectivity index (χ1n) is 8.22. The molecule has 2 rings (SSSR count). The third kappa shape index (κ3) is 4.43. The van der Waals surface area contributed by atoms with Crippen LogP contribution in [0.3, 0.4) is 0 Å². The molecule has 1 aromatic carbocycles. The van der Waals surface area contributed by atoms with E-state index < -0.39 is 0 Å². The maximum atomic E-state index is 9.72. The van der Waals surface area contributed by atoms with Crippen molar-refractivity contribution in [2.75, 3.05) is 25.1 Å². The van der Waals surface area contributed by atoms with Gasteiger partial charge in [-0.15, -0.1) is 0 Å². The lowest BCUT2D eigenvalue weighted by Gasteiger charge is -2.24. The van der Waals surface area contributed by atoms with E-state index in [2.05, 4.69) is 45.7 Å². The molecule has 1 heterocycles. The summed E-state index contributed by atoms with van der Waals surface area (Å²) in [6, 6.07) is 9.65. The number of benzene rings is 1. The van der Waals surface area contributed by atoms with E-state index in [9.17, 15) is 5.26 Å². The molecule has 0 aliphatic heterocycles. The van der Waals surface area contributed by atoms with E-state index in [1.165, 1.54) is 0 Å². The molecular weight excluding hydrogens is 382 g/mol. The van der Waals surface area contributed by atoms with Crippen LogP contribution in [0.5, 0.6) is 17.4 Å². The monoisotopic (exact) mass is 403 g/mol. The lowest BCUT2D eigenvalue weighted by atomic mass is 10.1. The average molecular weight is 404 g/mol. The summed E-state index contributed by atoms with van der Waals surface area (Å²) in [5.74, 6) is 1.39. The average Bonchev–Trinajstić information content (AvgIpc) is 2.60. The highest BCUT2D eigenvalue weighted by molar-refractivity contribution is 9.10. The Bertz CT molecular complexity index is 787. The van der Waals surface area contributed by atoms with Crippen molar-refractivity contribution in [2.45, 2.75) is 27.2 Å². The lowest BCUT2D eigenvalue weighted by molar-refractivity contribution is 0.373. The first-order valence-corrected chi connectivity index (χ1v) is 9.01. The summed E-state index contributed by atoms with van der Waals surface area (Å²) in [6.45, 7) is 7.77. The Morgan fingerprint density at radius 1 is 1.24 bits per heavy atom. The molecule has 132 valence electrons. The molecule has 0 unspecified atom stereocenters. The fourth-order valence-electron chi connectivity index (χ4n) is 2.61. The van der Waals surface area contributed by atoms with Crippen molar-refractivity contribution in [3.63, 3.8) is 0 Å². The molecule has 6 heteroatoms. The molecule has 5 nitrogen and oxygen atoms in total. The number of hydrogen-bond donors (Lipinski definition) is 0. The summed E-state index contributed by atoms with van der Waals surface area (Å²) in [6.07, 6.45) is 0.997. The smallest absolute Gasteiger partial charge is 0.239 e. The van der Waals surface area contributed by atoms with E-state index in [1.807, 2.05) is 25.1 Å². The van der Waals surface area contributed by atoms with E-state index >= 15 is 0 Å². The SMILES string of the molecule is CCCN(CC)c1cc(C)nc(Oc2ccc(Br)cc2OC)c1C#N. The zero-order valence-corrected chi connectivity index (χ0v) is 16.6. The van der Waals surface area contributed by atoms with Crippen LogP contribution in [0, 0.1) is 18.3 Å². The Morgan fingerprint density at radius 2 is 2.00 bits per heavy atom. The Morgan fingerprint density at radius 3 is 2.60 bits per heavy atom. The Labute approximate surface area is 157 Å². The van der Waals surface area contributed by atoms with Crippen LogP contribution in [0.2, 0.25) is 0 Å². The maximum absolute atomic E-state index is 9.72. The summed E-state index contributed by atoms with van der Waals surface area (Å²) in [4.78, 5) is 6.60. The normalized spacial score (nSPS) is 10.2. The summed E-state index contributed by atoms with van der Waals surface area (Å²) < 4.78 is 12.2. The molecule has 0 saturated carbocycles. The standard InChI is InChI=1S/C19H22BrN3O2/c1-5-9-23(6-2)16-10-13(3)22-19(15(16)12-21)25-17-8-7-14(20)11-18(17)24-4/h7-8,10-11H,5-6,9H2,1-4H3. The second-order valence-corrected chi connectivity index (χ2v) is 6.47. The van der Waals surface area contributed by atoms with Crippen LogP contribution >= 0.6 is 15.9 Å². The van der Waals surface area contributed by atoms with Crippen LogP contribution in [-0.2, 0) is 0 Å². The molecule has 1 aromatic heterocycles. The molecular formula is C19H22BrN3O2. The topological polar surface area (TPSA) is 58.4 Å². The molecule has 25 heavy (non-hydrogen) atoms. The van der Waals surface area contributed by atoms with Gasteiger partial charge in [0.15, 0.2) is 11.5 Å². The molecule has 0 N–H and O–H groups in total. The Hall–Kier alpha value is -2.26. The molecule has 0 amide bonds. The van der Waals surface area contributed by atoms with Crippen LogP contribution in [0.1, 0.15) is 31.5 Å². The molecule has 0 radical (unpaired) electrons. The number of hydrogen-bond acceptors (Lipinski definition) is 5. The number of ether oxygens (including phenoxy) is 2. The molecule has 0 atom stereocenters. The molecule has 0 spiro atoms.